The highest BCUT2D eigenvalue weighted by Gasteiger charge is 2.16. The van der Waals surface area contributed by atoms with Crippen molar-refractivity contribution in [1.29, 1.82) is 0 Å². The van der Waals surface area contributed by atoms with Crippen LogP contribution < -0.4 is 19.5 Å². The predicted octanol–water partition coefficient (Wildman–Crippen LogP) is 3.73. The Morgan fingerprint density at radius 2 is 1.74 bits per heavy atom. The number of carbonyl (C=O) groups is 2. The summed E-state index contributed by atoms with van der Waals surface area (Å²) in [4.78, 5) is 22.7. The molecule has 2 N–H and O–H groups in total. The van der Waals surface area contributed by atoms with Gasteiger partial charge in [-0.15, -0.1) is 0 Å². The lowest BCUT2D eigenvalue weighted by molar-refractivity contribution is -0.137. The van der Waals surface area contributed by atoms with Gasteiger partial charge in [0.05, 0.1) is 27.6 Å². The molecule has 8 nitrogen and oxygen atoms in total. The van der Waals surface area contributed by atoms with Crippen LogP contribution >= 0.6 is 0 Å². The molecule has 162 valence electrons. The van der Waals surface area contributed by atoms with Crippen LogP contribution in [0.1, 0.15) is 12.5 Å². The predicted molar refractivity (Wildman–Crippen MR) is 116 cm³/mol. The molecule has 1 amide bonds. The van der Waals surface area contributed by atoms with Crippen LogP contribution in [0.5, 0.6) is 17.2 Å². The SMILES string of the molecule is COc1ccc(-c2coc3cc(OC)c(/C(C)=C/C(=O)NCC(=O)O)cc23)cc1OC. The Kier molecular flexibility index (Phi) is 6.49. The van der Waals surface area contributed by atoms with Gasteiger partial charge in [0.2, 0.25) is 5.91 Å². The molecule has 0 unspecified atom stereocenters. The second-order valence-electron chi connectivity index (χ2n) is 6.71. The molecular weight excluding hydrogens is 402 g/mol. The highest BCUT2D eigenvalue weighted by Crippen LogP contribution is 2.39. The maximum atomic E-state index is 12.0. The fourth-order valence-corrected chi connectivity index (χ4v) is 3.25. The van der Waals surface area contributed by atoms with E-state index in [4.69, 9.17) is 23.7 Å². The lowest BCUT2D eigenvalue weighted by atomic mass is 9.99. The summed E-state index contributed by atoms with van der Waals surface area (Å²) in [7, 11) is 4.67. The van der Waals surface area contributed by atoms with E-state index in [1.807, 2.05) is 24.3 Å². The van der Waals surface area contributed by atoms with Gasteiger partial charge in [-0.05, 0) is 36.3 Å². The summed E-state index contributed by atoms with van der Waals surface area (Å²) in [6, 6.07) is 9.20. The molecule has 31 heavy (non-hydrogen) atoms. The number of methoxy groups -OCH3 is 3. The Hall–Kier alpha value is -3.94. The second-order valence-corrected chi connectivity index (χ2v) is 6.71. The van der Waals surface area contributed by atoms with Gasteiger partial charge in [-0.2, -0.15) is 0 Å². The van der Waals surface area contributed by atoms with Gasteiger partial charge in [-0.1, -0.05) is 6.07 Å². The number of benzene rings is 2. The molecule has 2 aromatic carbocycles. The van der Waals surface area contributed by atoms with Crippen molar-refractivity contribution >= 4 is 28.4 Å². The Bertz CT molecular complexity index is 1160. The van der Waals surface area contributed by atoms with Gasteiger partial charge >= 0.3 is 5.97 Å². The lowest BCUT2D eigenvalue weighted by Crippen LogP contribution is -2.27. The minimum Gasteiger partial charge on any atom is -0.496 e. The molecule has 3 rings (SSSR count). The normalized spacial score (nSPS) is 11.3. The number of nitrogens with one attached hydrogen (secondary N) is 1. The molecule has 0 atom stereocenters. The fourth-order valence-electron chi connectivity index (χ4n) is 3.25. The standard InChI is InChI=1S/C23H23NO7/c1-13(7-22(25)24-11-23(26)27)15-9-16-17(12-31-20(16)10-19(15)29-3)14-5-6-18(28-2)21(8-14)30-4/h5-10,12H,11H2,1-4H3,(H,24,25)(H,26,27)/b13-7+. The highest BCUT2D eigenvalue weighted by molar-refractivity contribution is 6.01. The van der Waals surface area contributed by atoms with Gasteiger partial charge in [0.1, 0.15) is 17.9 Å². The summed E-state index contributed by atoms with van der Waals surface area (Å²) in [5, 5.41) is 11.9. The topological polar surface area (TPSA) is 107 Å². The minimum absolute atomic E-state index is 0.454. The van der Waals surface area contributed by atoms with Crippen LogP contribution in [0.15, 0.2) is 47.1 Å². The Morgan fingerprint density at radius 1 is 1.03 bits per heavy atom. The summed E-state index contributed by atoms with van der Waals surface area (Å²) < 4.78 is 21.9. The summed E-state index contributed by atoms with van der Waals surface area (Å²) >= 11 is 0. The molecule has 0 spiro atoms. The van der Waals surface area contributed by atoms with E-state index in [0.29, 0.717) is 34.0 Å². The van der Waals surface area contributed by atoms with E-state index in [-0.39, 0.29) is 0 Å². The zero-order chi connectivity index (χ0) is 22.5. The summed E-state index contributed by atoms with van der Waals surface area (Å²) in [6.07, 6.45) is 2.98. The smallest absolute Gasteiger partial charge is 0.322 e. The molecule has 0 aliphatic rings. The van der Waals surface area contributed by atoms with Gasteiger partial charge in [0.25, 0.3) is 0 Å². The van der Waals surface area contributed by atoms with Gasteiger partial charge in [-0.3, -0.25) is 9.59 Å². The molecule has 0 saturated heterocycles. The third-order valence-electron chi connectivity index (χ3n) is 4.78. The first kappa shape index (κ1) is 21.8. The number of allylic oxidation sites excluding steroid dienone is 1. The van der Waals surface area contributed by atoms with Crippen molar-refractivity contribution in [3.63, 3.8) is 0 Å². The van der Waals surface area contributed by atoms with Crippen LogP contribution in [0.2, 0.25) is 0 Å². The number of fused-ring (bicyclic) bond motifs is 1. The number of ether oxygens (including phenoxy) is 3. The number of rotatable bonds is 8. The molecule has 0 aliphatic carbocycles. The maximum Gasteiger partial charge on any atom is 0.322 e. The molecular formula is C23H23NO7. The summed E-state index contributed by atoms with van der Waals surface area (Å²) in [5.41, 5.74) is 3.62. The van der Waals surface area contributed by atoms with E-state index in [9.17, 15) is 9.59 Å². The summed E-state index contributed by atoms with van der Waals surface area (Å²) in [5.74, 6) is 0.119. The number of carbonyl (C=O) groups excluding carboxylic acids is 1. The number of aliphatic carboxylic acids is 1. The lowest BCUT2D eigenvalue weighted by Gasteiger charge is -2.11. The molecule has 0 saturated carbocycles. The van der Waals surface area contributed by atoms with Crippen LogP contribution in [0, 0.1) is 0 Å². The highest BCUT2D eigenvalue weighted by atomic mass is 16.5. The molecule has 8 heteroatoms. The van der Waals surface area contributed by atoms with Crippen molar-refractivity contribution in [2.75, 3.05) is 27.9 Å². The van der Waals surface area contributed by atoms with Crippen LogP contribution in [-0.2, 0) is 9.59 Å². The third-order valence-corrected chi connectivity index (χ3v) is 4.78. The van der Waals surface area contributed by atoms with Crippen molar-refractivity contribution in [1.82, 2.24) is 5.32 Å². The van der Waals surface area contributed by atoms with Crippen LogP contribution in [0.25, 0.3) is 27.7 Å². The number of furan rings is 1. The monoisotopic (exact) mass is 425 g/mol. The molecule has 0 radical (unpaired) electrons. The van der Waals surface area contributed by atoms with Crippen molar-refractivity contribution in [2.45, 2.75) is 6.92 Å². The van der Waals surface area contributed by atoms with Crippen LogP contribution in [0.3, 0.4) is 0 Å². The van der Waals surface area contributed by atoms with Gasteiger partial charge < -0.3 is 29.1 Å². The van der Waals surface area contributed by atoms with E-state index < -0.39 is 18.4 Å². The fraction of sp³-hybridized carbons (Fsp3) is 0.217. The van der Waals surface area contributed by atoms with Crippen LogP contribution in [-0.4, -0.2) is 44.9 Å². The van der Waals surface area contributed by atoms with Crippen molar-refractivity contribution in [3.8, 4) is 28.4 Å². The first-order valence-corrected chi connectivity index (χ1v) is 9.37. The first-order chi connectivity index (χ1) is 14.9. The van der Waals surface area contributed by atoms with E-state index in [1.165, 1.54) is 13.2 Å². The molecule has 1 heterocycles. The average molecular weight is 425 g/mol. The van der Waals surface area contributed by atoms with Crippen molar-refractivity contribution in [2.24, 2.45) is 0 Å². The van der Waals surface area contributed by atoms with Gasteiger partial charge in [0.15, 0.2) is 11.5 Å². The number of carboxylic acid groups (broad SMARTS) is 1. The third kappa shape index (κ3) is 4.63. The quantitative estimate of drug-likeness (QED) is 0.530. The molecule has 3 aromatic rings. The minimum atomic E-state index is -1.11. The zero-order valence-corrected chi connectivity index (χ0v) is 17.6. The molecule has 0 fully saturated rings. The molecule has 0 bridgehead atoms. The van der Waals surface area contributed by atoms with Gasteiger partial charge in [0, 0.05) is 28.7 Å². The Balaban J connectivity index is 2.06. The largest absolute Gasteiger partial charge is 0.496 e. The maximum absolute atomic E-state index is 12.0. The first-order valence-electron chi connectivity index (χ1n) is 9.37. The van der Waals surface area contributed by atoms with E-state index in [0.717, 1.165) is 16.5 Å². The average Bonchev–Trinajstić information content (AvgIpc) is 3.19. The number of amides is 1. The number of hydrogen-bond donors (Lipinski definition) is 2. The Morgan fingerprint density at radius 3 is 2.39 bits per heavy atom. The van der Waals surface area contributed by atoms with Crippen LogP contribution in [0.4, 0.5) is 0 Å². The van der Waals surface area contributed by atoms with Crippen molar-refractivity contribution < 1.29 is 33.3 Å². The number of carboxylic acids is 1. The summed E-state index contributed by atoms with van der Waals surface area (Å²) in [6.45, 7) is 1.30. The number of hydrogen-bond acceptors (Lipinski definition) is 6. The Labute approximate surface area is 179 Å². The zero-order valence-electron chi connectivity index (χ0n) is 17.6. The van der Waals surface area contributed by atoms with Crippen molar-refractivity contribution in [3.05, 3.63) is 48.2 Å². The van der Waals surface area contributed by atoms with E-state index >= 15 is 0 Å². The molecule has 0 aliphatic heterocycles. The molecule has 1 aromatic heterocycles. The van der Waals surface area contributed by atoms with E-state index in [1.54, 1.807) is 33.5 Å². The van der Waals surface area contributed by atoms with Gasteiger partial charge in [-0.25, -0.2) is 0 Å². The van der Waals surface area contributed by atoms with E-state index in [2.05, 4.69) is 5.32 Å². The second kappa shape index (κ2) is 9.25.